The fourth-order valence-corrected chi connectivity index (χ4v) is 6.61. The number of carbonyl (C=O) groups is 3. The van der Waals surface area contributed by atoms with Gasteiger partial charge in [-0.1, -0.05) is 27.4 Å². The molecule has 2 aliphatic heterocycles. The molecule has 5 N–H and O–H groups in total. The van der Waals surface area contributed by atoms with Crippen LogP contribution in [0.4, 0.5) is 0 Å². The lowest BCUT2D eigenvalue weighted by Crippen LogP contribution is -2.59. The predicted molar refractivity (Wildman–Crippen MR) is 167 cm³/mol. The third-order valence-corrected chi connectivity index (χ3v) is 9.12. The van der Waals surface area contributed by atoms with Gasteiger partial charge in [0.2, 0.25) is 17.7 Å². The molecule has 0 aromatic carbocycles. The fraction of sp³-hybridized carbons (Fsp3) is 0.844. The summed E-state index contributed by atoms with van der Waals surface area (Å²) in [5.74, 6) is -2.56. The van der Waals surface area contributed by atoms with Crippen LogP contribution >= 0.6 is 0 Å². The van der Waals surface area contributed by atoms with Crippen molar-refractivity contribution in [3.8, 4) is 0 Å². The average molecular weight is 627 g/mol. The highest BCUT2D eigenvalue weighted by Crippen LogP contribution is 2.35. The van der Waals surface area contributed by atoms with Crippen molar-refractivity contribution < 1.29 is 39.2 Å². The highest BCUT2D eigenvalue weighted by molar-refractivity contribution is 5.86. The molecule has 0 saturated carbocycles. The number of likely N-dealkylation sites (N-methyl/N-ethyl adjacent to an activating group) is 1. The van der Waals surface area contributed by atoms with Crippen LogP contribution in [-0.2, 0) is 23.9 Å². The molecule has 0 spiro atoms. The first-order valence-corrected chi connectivity index (χ1v) is 16.0. The number of aliphatic hydroxyl groups excluding tert-OH is 2. The average Bonchev–Trinajstić information content (AvgIpc) is 2.94. The van der Waals surface area contributed by atoms with E-state index in [0.29, 0.717) is 38.8 Å². The molecule has 0 aromatic heterocycles. The van der Waals surface area contributed by atoms with E-state index in [1.165, 1.54) is 6.08 Å². The van der Waals surface area contributed by atoms with Crippen molar-refractivity contribution in [3.63, 3.8) is 0 Å². The van der Waals surface area contributed by atoms with Gasteiger partial charge in [0.1, 0.15) is 6.10 Å². The second kappa shape index (κ2) is 17.0. The molecule has 2 rings (SSSR count). The fourth-order valence-electron chi connectivity index (χ4n) is 6.61. The molecule has 3 unspecified atom stereocenters. The SMILES string of the molecule is C=CC(=O)NCCCC[C@H]1CC(=O)N(C)C[C@H](C)CC(C)(O)[C@H](OC2O[C@H](C)C[C@H](N(C)C)[C@H]2O)[C@@H](C)[C@H](O)C(C)C(=O)N1. The maximum absolute atomic E-state index is 13.4. The van der Waals surface area contributed by atoms with E-state index in [-0.39, 0.29) is 42.7 Å². The van der Waals surface area contributed by atoms with E-state index in [1.54, 1.807) is 32.7 Å². The lowest BCUT2D eigenvalue weighted by Gasteiger charge is -2.46. The molecule has 0 aliphatic carbocycles. The third-order valence-electron chi connectivity index (χ3n) is 9.12. The zero-order valence-electron chi connectivity index (χ0n) is 28.0. The molecular formula is C32H58N4O8. The summed E-state index contributed by atoms with van der Waals surface area (Å²) in [4.78, 5) is 41.6. The number of aliphatic hydroxyl groups is 3. The van der Waals surface area contributed by atoms with Crippen molar-refractivity contribution in [1.29, 1.82) is 0 Å². The molecule has 11 atom stereocenters. The lowest BCUT2D eigenvalue weighted by molar-refractivity contribution is -0.299. The van der Waals surface area contributed by atoms with Crippen molar-refractivity contribution in [2.24, 2.45) is 17.8 Å². The van der Waals surface area contributed by atoms with Crippen LogP contribution in [0.25, 0.3) is 0 Å². The van der Waals surface area contributed by atoms with Gasteiger partial charge in [0.15, 0.2) is 6.29 Å². The Bertz CT molecular complexity index is 963. The van der Waals surface area contributed by atoms with E-state index in [0.717, 1.165) is 0 Å². The van der Waals surface area contributed by atoms with Crippen LogP contribution in [-0.4, -0.2) is 125 Å². The van der Waals surface area contributed by atoms with Gasteiger partial charge in [0.05, 0.1) is 29.8 Å². The summed E-state index contributed by atoms with van der Waals surface area (Å²) < 4.78 is 12.4. The Kier molecular flexibility index (Phi) is 14.7. The Morgan fingerprint density at radius 3 is 2.48 bits per heavy atom. The molecule has 2 heterocycles. The van der Waals surface area contributed by atoms with Crippen molar-refractivity contribution in [1.82, 2.24) is 20.4 Å². The Morgan fingerprint density at radius 2 is 1.86 bits per heavy atom. The van der Waals surface area contributed by atoms with Crippen LogP contribution in [0.2, 0.25) is 0 Å². The van der Waals surface area contributed by atoms with Gasteiger partial charge in [0, 0.05) is 44.6 Å². The third kappa shape index (κ3) is 10.8. The van der Waals surface area contributed by atoms with Gasteiger partial charge in [-0.25, -0.2) is 0 Å². The molecular weight excluding hydrogens is 568 g/mol. The monoisotopic (exact) mass is 626 g/mol. The van der Waals surface area contributed by atoms with Gasteiger partial charge in [-0.3, -0.25) is 14.4 Å². The molecule has 2 fully saturated rings. The van der Waals surface area contributed by atoms with Crippen LogP contribution in [0.1, 0.15) is 73.1 Å². The second-order valence-corrected chi connectivity index (χ2v) is 13.6. The number of amides is 3. The maximum atomic E-state index is 13.4. The zero-order valence-corrected chi connectivity index (χ0v) is 28.0. The highest BCUT2D eigenvalue weighted by Gasteiger charge is 2.47. The Hall–Kier alpha value is -2.09. The summed E-state index contributed by atoms with van der Waals surface area (Å²) in [7, 11) is 5.46. The summed E-state index contributed by atoms with van der Waals surface area (Å²) in [6.07, 6.45) is -0.482. The number of nitrogens with one attached hydrogen (secondary N) is 2. The number of hydrogen-bond acceptors (Lipinski definition) is 9. The van der Waals surface area contributed by atoms with Gasteiger partial charge in [-0.05, 0) is 72.0 Å². The highest BCUT2D eigenvalue weighted by atomic mass is 16.7. The summed E-state index contributed by atoms with van der Waals surface area (Å²) in [6, 6.07) is -0.688. The molecule has 2 saturated heterocycles. The van der Waals surface area contributed by atoms with Gasteiger partial charge >= 0.3 is 0 Å². The maximum Gasteiger partial charge on any atom is 0.243 e. The van der Waals surface area contributed by atoms with Crippen molar-refractivity contribution in [2.45, 2.75) is 122 Å². The molecule has 0 aromatic rings. The molecule has 254 valence electrons. The van der Waals surface area contributed by atoms with Gasteiger partial charge in [-0.2, -0.15) is 0 Å². The standard InChI is InChI=1S/C32H58N4O8/c1-10-25(37)33-14-12-11-13-23-16-26(38)36(9)18-19(2)17-32(6,42)29(21(4)27(39)22(5)30(41)34-23)44-31-28(40)24(35(7)8)15-20(3)43-31/h10,19-24,27-29,31,39-40,42H,1,11-18H2,2-9H3,(H,33,37)(H,34,41)/t19-,20-,21+,22?,23+,24+,27+,28-,29-,31?,32?/m1/s1. The number of nitrogens with zero attached hydrogens (tertiary/aromatic N) is 2. The van der Waals surface area contributed by atoms with E-state index in [1.807, 2.05) is 32.8 Å². The summed E-state index contributed by atoms with van der Waals surface area (Å²) in [5.41, 5.74) is -1.50. The van der Waals surface area contributed by atoms with Gasteiger partial charge in [0.25, 0.3) is 0 Å². The minimum atomic E-state index is -1.50. The smallest absolute Gasteiger partial charge is 0.243 e. The number of rotatable bonds is 9. The molecule has 12 nitrogen and oxygen atoms in total. The predicted octanol–water partition coefficient (Wildman–Crippen LogP) is 1.03. The Labute approximate surface area is 263 Å². The largest absolute Gasteiger partial charge is 0.392 e. The molecule has 0 bridgehead atoms. The molecule has 2 aliphatic rings. The molecule has 12 heteroatoms. The number of ether oxygens (including phenoxy) is 2. The minimum absolute atomic E-state index is 0.0939. The second-order valence-electron chi connectivity index (χ2n) is 13.6. The van der Waals surface area contributed by atoms with E-state index < -0.39 is 54.0 Å². The van der Waals surface area contributed by atoms with Crippen molar-refractivity contribution in [2.75, 3.05) is 34.2 Å². The number of carbonyl (C=O) groups excluding carboxylic acids is 3. The van der Waals surface area contributed by atoms with Crippen LogP contribution in [0, 0.1) is 17.8 Å². The first-order chi connectivity index (χ1) is 20.5. The lowest BCUT2D eigenvalue weighted by atomic mass is 9.77. The van der Waals surface area contributed by atoms with E-state index in [2.05, 4.69) is 17.2 Å². The van der Waals surface area contributed by atoms with E-state index in [4.69, 9.17) is 9.47 Å². The number of hydrogen-bond donors (Lipinski definition) is 5. The first kappa shape index (κ1) is 38.1. The van der Waals surface area contributed by atoms with E-state index in [9.17, 15) is 29.7 Å². The zero-order chi connectivity index (χ0) is 33.4. The van der Waals surface area contributed by atoms with Crippen molar-refractivity contribution in [3.05, 3.63) is 12.7 Å². The Balaban J connectivity index is 2.32. The van der Waals surface area contributed by atoms with Crippen LogP contribution < -0.4 is 10.6 Å². The quantitative estimate of drug-likeness (QED) is 0.186. The molecule has 0 radical (unpaired) electrons. The van der Waals surface area contributed by atoms with Gasteiger partial charge in [-0.15, -0.1) is 0 Å². The molecule has 3 amide bonds. The van der Waals surface area contributed by atoms with Crippen LogP contribution in [0.3, 0.4) is 0 Å². The first-order valence-electron chi connectivity index (χ1n) is 16.0. The molecule has 44 heavy (non-hydrogen) atoms. The number of unbranched alkanes of at least 4 members (excludes halogenated alkanes) is 1. The Morgan fingerprint density at radius 1 is 1.20 bits per heavy atom. The van der Waals surface area contributed by atoms with Crippen LogP contribution in [0.5, 0.6) is 0 Å². The van der Waals surface area contributed by atoms with E-state index >= 15 is 0 Å². The normalized spacial score (nSPS) is 38.1. The summed E-state index contributed by atoms with van der Waals surface area (Å²) in [6.45, 7) is 13.1. The summed E-state index contributed by atoms with van der Waals surface area (Å²) in [5, 5.41) is 40.2. The van der Waals surface area contributed by atoms with Crippen molar-refractivity contribution >= 4 is 17.7 Å². The minimum Gasteiger partial charge on any atom is -0.392 e. The van der Waals surface area contributed by atoms with Crippen LogP contribution in [0.15, 0.2) is 12.7 Å². The van der Waals surface area contributed by atoms with Gasteiger partial charge < -0.3 is 45.2 Å². The topological polar surface area (TPSA) is 161 Å². The summed E-state index contributed by atoms with van der Waals surface area (Å²) >= 11 is 0.